The average Bonchev–Trinajstić information content (AvgIpc) is 3.19. The van der Waals surface area contributed by atoms with Crippen LogP contribution in [-0.2, 0) is 17.9 Å². The predicted octanol–water partition coefficient (Wildman–Crippen LogP) is 2.69. The molecule has 0 radical (unpaired) electrons. The topological polar surface area (TPSA) is 111 Å². The number of amides is 1. The molecule has 1 unspecified atom stereocenters. The number of halogens is 1. The summed E-state index contributed by atoms with van der Waals surface area (Å²) in [4.78, 5) is 32.7. The molecule has 2 aromatic rings. The van der Waals surface area contributed by atoms with Crippen molar-refractivity contribution in [1.29, 1.82) is 0 Å². The van der Waals surface area contributed by atoms with E-state index in [2.05, 4.69) is 22.6 Å². The number of nitrogens with zero attached hydrogens (tertiary/aromatic N) is 1. The fraction of sp³-hybridized carbons (Fsp3) is 0.320. The number of aliphatic hydroxyl groups excluding tert-OH is 1. The maximum Gasteiger partial charge on any atom is 0.268 e. The summed E-state index contributed by atoms with van der Waals surface area (Å²) in [5.74, 6) is -0.601. The molecular weight excluding hydrogens is 439 g/mol. The Morgan fingerprint density at radius 1 is 1.18 bits per heavy atom. The van der Waals surface area contributed by atoms with E-state index in [9.17, 15) is 18.8 Å². The van der Waals surface area contributed by atoms with Crippen molar-refractivity contribution in [3.05, 3.63) is 77.1 Å². The summed E-state index contributed by atoms with van der Waals surface area (Å²) in [6, 6.07) is 10.1. The largest absolute Gasteiger partial charge is 0.386 e. The number of anilines is 1. The molecule has 0 aromatic heterocycles. The van der Waals surface area contributed by atoms with Crippen LogP contribution >= 0.6 is 0 Å². The highest BCUT2D eigenvalue weighted by atomic mass is 19.1. The zero-order valence-corrected chi connectivity index (χ0v) is 19.8. The first-order valence-electron chi connectivity index (χ1n) is 10.8. The van der Waals surface area contributed by atoms with Gasteiger partial charge in [-0.3, -0.25) is 14.6 Å². The first-order valence-corrected chi connectivity index (χ1v) is 10.8. The molecule has 1 aliphatic rings. The number of fused-ring (bicyclic) bond motifs is 1. The Hall–Kier alpha value is -3.40. The van der Waals surface area contributed by atoms with Crippen molar-refractivity contribution in [2.75, 3.05) is 26.5 Å². The number of benzene rings is 2. The summed E-state index contributed by atoms with van der Waals surface area (Å²) in [6.07, 6.45) is 3.10. The Morgan fingerprint density at radius 2 is 1.85 bits per heavy atom. The predicted molar refractivity (Wildman–Crippen MR) is 131 cm³/mol. The molecule has 3 rings (SSSR count). The summed E-state index contributed by atoms with van der Waals surface area (Å²) in [5, 5.41) is 16.0. The van der Waals surface area contributed by atoms with Crippen molar-refractivity contribution in [2.45, 2.75) is 32.0 Å². The Morgan fingerprint density at radius 3 is 2.44 bits per heavy atom. The zero-order chi connectivity index (χ0) is 25.5. The van der Waals surface area contributed by atoms with Crippen molar-refractivity contribution in [3.8, 4) is 0 Å². The van der Waals surface area contributed by atoms with E-state index in [-0.39, 0.29) is 18.0 Å². The number of rotatable bonds is 9. The summed E-state index contributed by atoms with van der Waals surface area (Å²) >= 11 is 0. The molecule has 1 amide bonds. The van der Waals surface area contributed by atoms with E-state index in [0.29, 0.717) is 43.1 Å². The number of allylic oxidation sites excluding steroid dienone is 1. The van der Waals surface area contributed by atoms with Crippen LogP contribution in [0.4, 0.5) is 10.1 Å². The van der Waals surface area contributed by atoms with E-state index in [4.69, 9.17) is 5.11 Å². The van der Waals surface area contributed by atoms with E-state index in [1.54, 1.807) is 37.4 Å². The van der Waals surface area contributed by atoms with Gasteiger partial charge in [-0.05, 0) is 45.1 Å². The van der Waals surface area contributed by atoms with Crippen molar-refractivity contribution in [1.82, 2.24) is 15.8 Å². The number of hydrogen-bond donors (Lipinski definition) is 4. The summed E-state index contributed by atoms with van der Waals surface area (Å²) in [6.45, 7) is 4.12. The Labute approximate surface area is 199 Å². The molecule has 2 aromatic carbocycles. The van der Waals surface area contributed by atoms with Gasteiger partial charge in [-0.2, -0.15) is 0 Å². The van der Waals surface area contributed by atoms with Crippen LogP contribution in [0.3, 0.4) is 0 Å². The van der Waals surface area contributed by atoms with E-state index < -0.39 is 11.9 Å². The average molecular weight is 473 g/mol. The molecule has 1 aliphatic heterocycles. The van der Waals surface area contributed by atoms with E-state index in [0.717, 1.165) is 11.3 Å². The second-order valence-electron chi connectivity index (χ2n) is 7.31. The molecule has 0 saturated heterocycles. The van der Waals surface area contributed by atoms with Crippen LogP contribution in [0, 0.1) is 5.82 Å². The number of carbonyl (C=O) groups excluding carboxylic acids is 3. The van der Waals surface area contributed by atoms with Gasteiger partial charge in [0.05, 0.1) is 12.1 Å². The lowest BCUT2D eigenvalue weighted by atomic mass is 10.1. The van der Waals surface area contributed by atoms with Crippen LogP contribution in [0.1, 0.15) is 44.7 Å². The highest BCUT2D eigenvalue weighted by molar-refractivity contribution is 5.99. The van der Waals surface area contributed by atoms with Gasteiger partial charge in [-0.15, -0.1) is 6.58 Å². The van der Waals surface area contributed by atoms with Gasteiger partial charge in [-0.25, -0.2) is 9.82 Å². The molecule has 9 heteroatoms. The second-order valence-corrected chi connectivity index (χ2v) is 7.31. The number of hydrogen-bond acceptors (Lipinski definition) is 7. The molecule has 4 N–H and O–H groups in total. The van der Waals surface area contributed by atoms with Gasteiger partial charge in [-0.1, -0.05) is 24.3 Å². The number of aliphatic hydroxyl groups is 1. The number of carbonyl (C=O) groups is 3. The highest BCUT2D eigenvalue weighted by Gasteiger charge is 2.28. The normalized spacial score (nSPS) is 12.4. The summed E-state index contributed by atoms with van der Waals surface area (Å²) in [5.41, 5.74) is 5.58. The Bertz CT molecular complexity index is 968. The second kappa shape index (κ2) is 15.4. The van der Waals surface area contributed by atoms with Crippen LogP contribution in [-0.4, -0.2) is 55.8 Å². The van der Waals surface area contributed by atoms with Crippen LogP contribution in [0.25, 0.3) is 0 Å². The minimum Gasteiger partial charge on any atom is -0.386 e. The minimum atomic E-state index is -0.798. The molecular formula is C25H33FN4O4. The molecule has 0 saturated carbocycles. The summed E-state index contributed by atoms with van der Waals surface area (Å²) in [7, 11) is 5.44. The molecule has 34 heavy (non-hydrogen) atoms. The van der Waals surface area contributed by atoms with Crippen LogP contribution in [0.2, 0.25) is 0 Å². The van der Waals surface area contributed by atoms with Gasteiger partial charge < -0.3 is 20.5 Å². The third-order valence-electron chi connectivity index (χ3n) is 4.77. The first-order chi connectivity index (χ1) is 16.4. The molecule has 0 aliphatic carbocycles. The lowest BCUT2D eigenvalue weighted by molar-refractivity contribution is -0.115. The van der Waals surface area contributed by atoms with Gasteiger partial charge in [0.15, 0.2) is 6.29 Å². The zero-order valence-electron chi connectivity index (χ0n) is 19.8. The number of nitrogens with one attached hydrogen (secondary N) is 3. The van der Waals surface area contributed by atoms with Crippen molar-refractivity contribution >= 4 is 24.2 Å². The fourth-order valence-electron chi connectivity index (χ4n) is 3.05. The fourth-order valence-corrected chi connectivity index (χ4v) is 3.05. The molecule has 184 valence electrons. The number of hydrazine groups is 1. The maximum atomic E-state index is 14.1. The first kappa shape index (κ1) is 28.6. The molecule has 1 atom stereocenters. The minimum absolute atomic E-state index is 0.0409. The van der Waals surface area contributed by atoms with Crippen molar-refractivity contribution in [3.63, 3.8) is 0 Å². The SMILES string of the molecule is C=CCCC(O)C=O.CNC.CNN1Cc2c(NCc3cccc(C=O)c3F)cccc2C1=O. The Kier molecular flexibility index (Phi) is 13.0. The van der Waals surface area contributed by atoms with E-state index >= 15 is 0 Å². The molecule has 1 heterocycles. The Balaban J connectivity index is 0.000000443. The smallest absolute Gasteiger partial charge is 0.268 e. The standard InChI is InChI=1S/C17H16FN3O2.C6H10O2.C2H7N/c1-19-21-9-14-13(17(21)23)6-3-7-15(14)20-8-11-4-2-5-12(10-22)16(11)18;1-2-3-4-6(8)5-7;1-3-2/h2-7,10,19-20H,8-9H2,1H3;2,5-6,8H,1,3-4H2;3H,1-2H3. The number of aldehydes is 2. The van der Waals surface area contributed by atoms with Gasteiger partial charge in [0.25, 0.3) is 5.91 Å². The molecule has 0 spiro atoms. The van der Waals surface area contributed by atoms with E-state index in [1.807, 2.05) is 20.2 Å². The van der Waals surface area contributed by atoms with Gasteiger partial charge >= 0.3 is 0 Å². The van der Waals surface area contributed by atoms with Crippen molar-refractivity contribution in [2.24, 2.45) is 0 Å². The molecule has 0 bridgehead atoms. The lowest BCUT2D eigenvalue weighted by Gasteiger charge is -2.13. The highest BCUT2D eigenvalue weighted by Crippen LogP contribution is 2.28. The third-order valence-corrected chi connectivity index (χ3v) is 4.77. The van der Waals surface area contributed by atoms with Crippen LogP contribution < -0.4 is 16.1 Å². The molecule has 0 fully saturated rings. The van der Waals surface area contributed by atoms with Crippen LogP contribution in [0.5, 0.6) is 0 Å². The maximum absolute atomic E-state index is 14.1. The molecule has 8 nitrogen and oxygen atoms in total. The monoisotopic (exact) mass is 472 g/mol. The quantitative estimate of drug-likeness (QED) is 0.328. The summed E-state index contributed by atoms with van der Waals surface area (Å²) < 4.78 is 14.1. The van der Waals surface area contributed by atoms with Gasteiger partial charge in [0.2, 0.25) is 0 Å². The van der Waals surface area contributed by atoms with Crippen molar-refractivity contribution < 1.29 is 23.9 Å². The van der Waals surface area contributed by atoms with Crippen LogP contribution in [0.15, 0.2) is 49.1 Å². The van der Waals surface area contributed by atoms with E-state index in [1.165, 1.54) is 11.1 Å². The van der Waals surface area contributed by atoms with Gasteiger partial charge in [0.1, 0.15) is 18.2 Å². The lowest BCUT2D eigenvalue weighted by Crippen LogP contribution is -2.34. The van der Waals surface area contributed by atoms with Gasteiger partial charge in [0, 0.05) is 36.0 Å². The third kappa shape index (κ3) is 8.18.